The number of halogens is 1. The van der Waals surface area contributed by atoms with Crippen LogP contribution in [0.25, 0.3) is 10.9 Å². The number of aromatic amines is 1. The summed E-state index contributed by atoms with van der Waals surface area (Å²) < 4.78 is 1.85. The lowest BCUT2D eigenvalue weighted by atomic mass is 10.1. The number of carbonyl (C=O) groups excluding carboxylic acids is 1. The van der Waals surface area contributed by atoms with Crippen LogP contribution in [0, 0.1) is 4.77 Å². The van der Waals surface area contributed by atoms with E-state index in [4.69, 9.17) is 23.8 Å². The topological polar surface area (TPSA) is 58.1 Å². The maximum Gasteiger partial charge on any atom is 0.262 e. The molecule has 2 aromatic carbocycles. The van der Waals surface area contributed by atoms with Crippen molar-refractivity contribution in [1.82, 2.24) is 14.5 Å². The molecule has 0 unspecified atom stereocenters. The highest BCUT2D eigenvalue weighted by molar-refractivity contribution is 7.71. The standard InChI is InChI=1S/C21H20ClN3O2S/c22-16-7-4-14(5-8-16)13-25-20(27)17-9-6-15(12-18(17)23-21(25)28)19(26)24-10-2-1-3-11-24/h4-9,12H,1-3,10-11,13H2,(H,23,28). The zero-order valence-electron chi connectivity index (χ0n) is 15.3. The summed E-state index contributed by atoms with van der Waals surface area (Å²) in [6.07, 6.45) is 3.25. The Morgan fingerprint density at radius 1 is 1.07 bits per heavy atom. The van der Waals surface area contributed by atoms with E-state index in [1.54, 1.807) is 30.3 Å². The molecule has 1 saturated heterocycles. The number of aromatic nitrogens is 2. The monoisotopic (exact) mass is 413 g/mol. The van der Waals surface area contributed by atoms with Gasteiger partial charge in [0.05, 0.1) is 17.4 Å². The summed E-state index contributed by atoms with van der Waals surface area (Å²) in [5, 5.41) is 1.16. The van der Waals surface area contributed by atoms with E-state index in [0.717, 1.165) is 31.5 Å². The van der Waals surface area contributed by atoms with Gasteiger partial charge in [-0.2, -0.15) is 0 Å². The van der Waals surface area contributed by atoms with Gasteiger partial charge in [0.1, 0.15) is 0 Å². The molecule has 28 heavy (non-hydrogen) atoms. The van der Waals surface area contributed by atoms with Gasteiger partial charge < -0.3 is 9.88 Å². The van der Waals surface area contributed by atoms with E-state index in [2.05, 4.69) is 4.98 Å². The second-order valence-electron chi connectivity index (χ2n) is 7.06. The van der Waals surface area contributed by atoms with Crippen molar-refractivity contribution in [3.8, 4) is 0 Å². The lowest BCUT2D eigenvalue weighted by Gasteiger charge is -2.26. The average molecular weight is 414 g/mol. The van der Waals surface area contributed by atoms with Gasteiger partial charge in [0.15, 0.2) is 4.77 Å². The molecular weight excluding hydrogens is 394 g/mol. The summed E-state index contributed by atoms with van der Waals surface area (Å²) in [5.41, 5.74) is 1.92. The van der Waals surface area contributed by atoms with Crippen LogP contribution >= 0.6 is 23.8 Å². The van der Waals surface area contributed by atoms with E-state index >= 15 is 0 Å². The molecule has 0 saturated carbocycles. The molecule has 0 atom stereocenters. The molecule has 2 heterocycles. The third-order valence-electron chi connectivity index (χ3n) is 5.13. The number of amides is 1. The van der Waals surface area contributed by atoms with Crippen molar-refractivity contribution in [3.05, 3.63) is 73.7 Å². The molecule has 0 radical (unpaired) electrons. The average Bonchev–Trinajstić information content (AvgIpc) is 2.72. The van der Waals surface area contributed by atoms with E-state index in [1.807, 2.05) is 17.0 Å². The van der Waals surface area contributed by atoms with Crippen molar-refractivity contribution in [1.29, 1.82) is 0 Å². The summed E-state index contributed by atoms with van der Waals surface area (Å²) in [6.45, 7) is 1.93. The van der Waals surface area contributed by atoms with Crippen molar-refractivity contribution in [2.24, 2.45) is 0 Å². The zero-order valence-corrected chi connectivity index (χ0v) is 16.9. The third-order valence-corrected chi connectivity index (χ3v) is 5.70. The fraction of sp³-hybridized carbons (Fsp3) is 0.286. The predicted molar refractivity (Wildman–Crippen MR) is 114 cm³/mol. The van der Waals surface area contributed by atoms with Crippen LogP contribution in [-0.4, -0.2) is 33.4 Å². The number of piperidine rings is 1. The number of carbonyl (C=O) groups is 1. The summed E-state index contributed by atoms with van der Waals surface area (Å²) in [6, 6.07) is 12.5. The molecule has 7 heteroatoms. The number of fused-ring (bicyclic) bond motifs is 1. The molecule has 1 fully saturated rings. The van der Waals surface area contributed by atoms with Gasteiger partial charge >= 0.3 is 0 Å². The molecule has 1 aliphatic heterocycles. The Kier molecular flexibility index (Phi) is 5.33. The van der Waals surface area contributed by atoms with Gasteiger partial charge in [-0.25, -0.2) is 0 Å². The Morgan fingerprint density at radius 3 is 2.50 bits per heavy atom. The Bertz CT molecular complexity index is 1150. The molecule has 4 rings (SSSR count). The lowest BCUT2D eigenvalue weighted by molar-refractivity contribution is 0.0724. The maximum absolute atomic E-state index is 13.0. The fourth-order valence-electron chi connectivity index (χ4n) is 3.58. The number of hydrogen-bond donors (Lipinski definition) is 1. The predicted octanol–water partition coefficient (Wildman–Crippen LogP) is 4.39. The van der Waals surface area contributed by atoms with E-state index in [0.29, 0.717) is 32.8 Å². The van der Waals surface area contributed by atoms with Crippen molar-refractivity contribution in [2.75, 3.05) is 13.1 Å². The summed E-state index contributed by atoms with van der Waals surface area (Å²) >= 11 is 11.3. The number of nitrogens with one attached hydrogen (secondary N) is 1. The minimum absolute atomic E-state index is 0.00580. The molecule has 5 nitrogen and oxygen atoms in total. The zero-order chi connectivity index (χ0) is 19.7. The normalized spacial score (nSPS) is 14.4. The van der Waals surface area contributed by atoms with E-state index in [1.165, 1.54) is 11.0 Å². The van der Waals surface area contributed by atoms with Crippen LogP contribution in [0.5, 0.6) is 0 Å². The third kappa shape index (κ3) is 3.75. The molecule has 0 spiro atoms. The van der Waals surface area contributed by atoms with Crippen LogP contribution in [0.4, 0.5) is 0 Å². The SMILES string of the molecule is O=C(c1ccc2c(=O)n(Cc3ccc(Cl)cc3)c(=S)[nH]c2c1)N1CCCCC1. The smallest absolute Gasteiger partial charge is 0.262 e. The van der Waals surface area contributed by atoms with Crippen LogP contribution in [-0.2, 0) is 6.54 Å². The Balaban J connectivity index is 1.69. The van der Waals surface area contributed by atoms with Gasteiger partial charge in [-0.1, -0.05) is 23.7 Å². The van der Waals surface area contributed by atoms with Crippen molar-refractivity contribution < 1.29 is 4.79 Å². The maximum atomic E-state index is 13.0. The number of nitrogens with zero attached hydrogens (tertiary/aromatic N) is 2. The number of rotatable bonds is 3. The first-order valence-electron chi connectivity index (χ1n) is 9.33. The molecule has 144 valence electrons. The van der Waals surface area contributed by atoms with Crippen LogP contribution < -0.4 is 5.56 Å². The summed E-state index contributed by atoms with van der Waals surface area (Å²) in [4.78, 5) is 30.7. The molecule has 1 aromatic heterocycles. The van der Waals surface area contributed by atoms with Gasteiger partial charge in [-0.15, -0.1) is 0 Å². The van der Waals surface area contributed by atoms with Gasteiger partial charge in [-0.3, -0.25) is 14.2 Å². The molecule has 3 aromatic rings. The van der Waals surface area contributed by atoms with Crippen molar-refractivity contribution >= 4 is 40.6 Å². The molecule has 1 N–H and O–H groups in total. The van der Waals surface area contributed by atoms with E-state index in [-0.39, 0.29) is 11.5 Å². The number of likely N-dealkylation sites (tertiary alicyclic amines) is 1. The quantitative estimate of drug-likeness (QED) is 0.648. The first kappa shape index (κ1) is 18.9. The van der Waals surface area contributed by atoms with Crippen molar-refractivity contribution in [3.63, 3.8) is 0 Å². The fourth-order valence-corrected chi connectivity index (χ4v) is 3.97. The Morgan fingerprint density at radius 2 is 1.79 bits per heavy atom. The minimum atomic E-state index is -0.175. The number of H-pyrrole nitrogens is 1. The summed E-state index contributed by atoms with van der Waals surface area (Å²) in [7, 11) is 0. The van der Waals surface area contributed by atoms with E-state index < -0.39 is 0 Å². The van der Waals surface area contributed by atoms with Gasteiger partial charge in [0, 0.05) is 23.7 Å². The second kappa shape index (κ2) is 7.89. The number of benzene rings is 2. The highest BCUT2D eigenvalue weighted by Gasteiger charge is 2.19. The first-order chi connectivity index (χ1) is 13.5. The number of hydrogen-bond acceptors (Lipinski definition) is 3. The van der Waals surface area contributed by atoms with Gasteiger partial charge in [-0.05, 0) is 67.4 Å². The van der Waals surface area contributed by atoms with Crippen molar-refractivity contribution in [2.45, 2.75) is 25.8 Å². The van der Waals surface area contributed by atoms with Crippen LogP contribution in [0.15, 0.2) is 47.3 Å². The van der Waals surface area contributed by atoms with Crippen LogP contribution in [0.3, 0.4) is 0 Å². The van der Waals surface area contributed by atoms with Gasteiger partial charge in [0.2, 0.25) is 0 Å². The Hall–Kier alpha value is -2.44. The molecule has 1 aliphatic rings. The first-order valence-corrected chi connectivity index (χ1v) is 10.1. The molecule has 1 amide bonds. The summed E-state index contributed by atoms with van der Waals surface area (Å²) in [5.74, 6) is 0.00580. The highest BCUT2D eigenvalue weighted by atomic mass is 35.5. The second-order valence-corrected chi connectivity index (χ2v) is 7.88. The Labute approximate surface area is 172 Å². The molecule has 0 bridgehead atoms. The molecular formula is C21H20ClN3O2S. The highest BCUT2D eigenvalue weighted by Crippen LogP contribution is 2.17. The van der Waals surface area contributed by atoms with E-state index in [9.17, 15) is 9.59 Å². The molecule has 0 aliphatic carbocycles. The van der Waals surface area contributed by atoms with Crippen LogP contribution in [0.1, 0.15) is 35.2 Å². The largest absolute Gasteiger partial charge is 0.339 e. The lowest BCUT2D eigenvalue weighted by Crippen LogP contribution is -2.35. The van der Waals surface area contributed by atoms with Crippen LogP contribution in [0.2, 0.25) is 5.02 Å². The minimum Gasteiger partial charge on any atom is -0.339 e. The van der Waals surface area contributed by atoms with Gasteiger partial charge in [0.25, 0.3) is 11.5 Å².